The fraction of sp³-hybridized carbons (Fsp3) is 0.154. The van der Waals surface area contributed by atoms with Crippen LogP contribution >= 0.6 is 0 Å². The molecule has 0 bridgehead atoms. The van der Waals surface area contributed by atoms with Crippen molar-refractivity contribution in [2.24, 2.45) is 0 Å². The van der Waals surface area contributed by atoms with Crippen LogP contribution in [0, 0.1) is 10.1 Å². The molecule has 1 N–H and O–H groups in total. The van der Waals surface area contributed by atoms with E-state index in [1.54, 1.807) is 12.3 Å². The number of aromatic nitrogens is 1. The molecule has 0 fully saturated rings. The Kier molecular flexibility index (Phi) is 3.52. The first-order chi connectivity index (χ1) is 8.70. The van der Waals surface area contributed by atoms with Crippen molar-refractivity contribution in [3.8, 4) is 11.3 Å². The summed E-state index contributed by atoms with van der Waals surface area (Å²) in [6, 6.07) is 10.2. The van der Waals surface area contributed by atoms with E-state index >= 15 is 0 Å². The fourth-order valence-electron chi connectivity index (χ4n) is 1.68. The zero-order valence-electron chi connectivity index (χ0n) is 9.96. The molecule has 2 rings (SSSR count). The van der Waals surface area contributed by atoms with Gasteiger partial charge in [-0.1, -0.05) is 12.1 Å². The van der Waals surface area contributed by atoms with Gasteiger partial charge in [-0.05, 0) is 19.1 Å². The number of hydrogen-bond donors (Lipinski definition) is 1. The molecule has 5 nitrogen and oxygen atoms in total. The molecule has 1 aromatic heterocycles. The van der Waals surface area contributed by atoms with E-state index in [2.05, 4.69) is 10.3 Å². The molecule has 0 aliphatic rings. The van der Waals surface area contributed by atoms with Gasteiger partial charge in [0.25, 0.3) is 5.69 Å². The highest BCUT2D eigenvalue weighted by Gasteiger charge is 2.08. The quantitative estimate of drug-likeness (QED) is 0.661. The lowest BCUT2D eigenvalue weighted by molar-refractivity contribution is -0.384. The van der Waals surface area contributed by atoms with E-state index < -0.39 is 4.92 Å². The molecule has 0 unspecified atom stereocenters. The topological polar surface area (TPSA) is 68.1 Å². The summed E-state index contributed by atoms with van der Waals surface area (Å²) >= 11 is 0. The average Bonchev–Trinajstić information content (AvgIpc) is 2.39. The summed E-state index contributed by atoms with van der Waals surface area (Å²) in [4.78, 5) is 14.6. The first kappa shape index (κ1) is 12.0. The molecular formula is C13H13N3O2. The third kappa shape index (κ3) is 2.63. The fourth-order valence-corrected chi connectivity index (χ4v) is 1.68. The Morgan fingerprint density at radius 3 is 2.89 bits per heavy atom. The SMILES string of the molecule is CCNc1ccnc(-c2cccc([N+](=O)[O-])c2)c1. The zero-order chi connectivity index (χ0) is 13.0. The van der Waals surface area contributed by atoms with E-state index in [0.29, 0.717) is 0 Å². The molecule has 0 saturated heterocycles. The normalized spacial score (nSPS) is 10.1. The van der Waals surface area contributed by atoms with E-state index in [9.17, 15) is 10.1 Å². The molecule has 0 radical (unpaired) electrons. The predicted octanol–water partition coefficient (Wildman–Crippen LogP) is 3.09. The number of hydrogen-bond acceptors (Lipinski definition) is 4. The predicted molar refractivity (Wildman–Crippen MR) is 70.5 cm³/mol. The van der Waals surface area contributed by atoms with Gasteiger partial charge in [-0.25, -0.2) is 0 Å². The molecule has 2 aromatic rings. The van der Waals surface area contributed by atoms with Crippen LogP contribution < -0.4 is 5.32 Å². The van der Waals surface area contributed by atoms with E-state index in [4.69, 9.17) is 0 Å². The number of pyridine rings is 1. The summed E-state index contributed by atoms with van der Waals surface area (Å²) in [5, 5.41) is 13.9. The number of benzene rings is 1. The van der Waals surface area contributed by atoms with Crippen LogP contribution in [0.5, 0.6) is 0 Å². The van der Waals surface area contributed by atoms with Crippen LogP contribution in [-0.4, -0.2) is 16.5 Å². The molecule has 1 aromatic carbocycles. The van der Waals surface area contributed by atoms with Crippen LogP contribution in [-0.2, 0) is 0 Å². The van der Waals surface area contributed by atoms with Gasteiger partial charge in [0.15, 0.2) is 0 Å². The van der Waals surface area contributed by atoms with Crippen LogP contribution in [0.4, 0.5) is 11.4 Å². The maximum Gasteiger partial charge on any atom is 0.270 e. The second-order valence-corrected chi connectivity index (χ2v) is 3.77. The second kappa shape index (κ2) is 5.27. The Balaban J connectivity index is 2.38. The highest BCUT2D eigenvalue weighted by atomic mass is 16.6. The van der Waals surface area contributed by atoms with Crippen molar-refractivity contribution >= 4 is 11.4 Å². The van der Waals surface area contributed by atoms with Gasteiger partial charge < -0.3 is 5.32 Å². The Morgan fingerprint density at radius 2 is 2.17 bits per heavy atom. The second-order valence-electron chi connectivity index (χ2n) is 3.77. The number of nitro groups is 1. The van der Waals surface area contributed by atoms with E-state index in [0.717, 1.165) is 23.5 Å². The van der Waals surface area contributed by atoms with Gasteiger partial charge in [-0.15, -0.1) is 0 Å². The largest absolute Gasteiger partial charge is 0.385 e. The molecule has 0 amide bonds. The van der Waals surface area contributed by atoms with Crippen LogP contribution in [0.2, 0.25) is 0 Å². The van der Waals surface area contributed by atoms with Crippen LogP contribution in [0.3, 0.4) is 0 Å². The molecule has 0 saturated carbocycles. The number of rotatable bonds is 4. The van der Waals surface area contributed by atoms with Crippen LogP contribution in [0.25, 0.3) is 11.3 Å². The van der Waals surface area contributed by atoms with Crippen LogP contribution in [0.1, 0.15) is 6.92 Å². The summed E-state index contributed by atoms with van der Waals surface area (Å²) in [6.45, 7) is 2.83. The van der Waals surface area contributed by atoms with Gasteiger partial charge in [0.2, 0.25) is 0 Å². The number of nitrogens with one attached hydrogen (secondary N) is 1. The van der Waals surface area contributed by atoms with Gasteiger partial charge in [0.1, 0.15) is 0 Å². The number of non-ortho nitro benzene ring substituents is 1. The molecule has 0 atom stereocenters. The minimum atomic E-state index is -0.405. The third-order valence-electron chi connectivity index (χ3n) is 2.49. The van der Waals surface area contributed by atoms with Gasteiger partial charge in [0, 0.05) is 36.1 Å². The van der Waals surface area contributed by atoms with Crippen molar-refractivity contribution in [1.82, 2.24) is 4.98 Å². The summed E-state index contributed by atoms with van der Waals surface area (Å²) in [5.41, 5.74) is 2.48. The molecular weight excluding hydrogens is 230 g/mol. The highest BCUT2D eigenvalue weighted by molar-refractivity contribution is 5.66. The smallest absolute Gasteiger partial charge is 0.270 e. The van der Waals surface area contributed by atoms with Gasteiger partial charge in [-0.3, -0.25) is 15.1 Å². The third-order valence-corrected chi connectivity index (χ3v) is 2.49. The minimum Gasteiger partial charge on any atom is -0.385 e. The first-order valence-corrected chi connectivity index (χ1v) is 5.65. The van der Waals surface area contributed by atoms with Crippen molar-refractivity contribution in [2.45, 2.75) is 6.92 Å². The van der Waals surface area contributed by atoms with Crippen molar-refractivity contribution < 1.29 is 4.92 Å². The molecule has 0 spiro atoms. The summed E-state index contributed by atoms with van der Waals surface area (Å²) < 4.78 is 0. The lowest BCUT2D eigenvalue weighted by Crippen LogP contribution is -1.97. The first-order valence-electron chi connectivity index (χ1n) is 5.65. The van der Waals surface area contributed by atoms with E-state index in [1.807, 2.05) is 25.1 Å². The maximum atomic E-state index is 10.7. The molecule has 18 heavy (non-hydrogen) atoms. The standard InChI is InChI=1S/C13H13N3O2/c1-2-14-11-6-7-15-13(9-11)10-4-3-5-12(8-10)16(17)18/h3-9H,2H2,1H3,(H,14,15). The van der Waals surface area contributed by atoms with Gasteiger partial charge in [0.05, 0.1) is 10.6 Å². The number of anilines is 1. The lowest BCUT2D eigenvalue weighted by atomic mass is 10.1. The molecule has 0 aliphatic heterocycles. The minimum absolute atomic E-state index is 0.0724. The van der Waals surface area contributed by atoms with Crippen molar-refractivity contribution in [2.75, 3.05) is 11.9 Å². The zero-order valence-corrected chi connectivity index (χ0v) is 9.96. The monoisotopic (exact) mass is 243 g/mol. The molecule has 0 aliphatic carbocycles. The summed E-state index contributed by atoms with van der Waals surface area (Å²) in [6.07, 6.45) is 1.69. The van der Waals surface area contributed by atoms with E-state index in [-0.39, 0.29) is 5.69 Å². The molecule has 5 heteroatoms. The molecule has 1 heterocycles. The molecule has 92 valence electrons. The Hall–Kier alpha value is -2.43. The lowest BCUT2D eigenvalue weighted by Gasteiger charge is -2.05. The maximum absolute atomic E-state index is 10.7. The van der Waals surface area contributed by atoms with Gasteiger partial charge in [-0.2, -0.15) is 0 Å². The Labute approximate surface area is 105 Å². The van der Waals surface area contributed by atoms with Crippen molar-refractivity contribution in [1.29, 1.82) is 0 Å². The van der Waals surface area contributed by atoms with Gasteiger partial charge >= 0.3 is 0 Å². The van der Waals surface area contributed by atoms with Crippen LogP contribution in [0.15, 0.2) is 42.6 Å². The Morgan fingerprint density at radius 1 is 1.33 bits per heavy atom. The van der Waals surface area contributed by atoms with E-state index in [1.165, 1.54) is 12.1 Å². The summed E-state index contributed by atoms with van der Waals surface area (Å²) in [7, 11) is 0. The van der Waals surface area contributed by atoms with Crippen molar-refractivity contribution in [3.63, 3.8) is 0 Å². The highest BCUT2D eigenvalue weighted by Crippen LogP contribution is 2.23. The Bertz CT molecular complexity index is 570. The average molecular weight is 243 g/mol. The number of nitro benzene ring substituents is 1. The van der Waals surface area contributed by atoms with Crippen molar-refractivity contribution in [3.05, 3.63) is 52.7 Å². The summed E-state index contributed by atoms with van der Waals surface area (Å²) in [5.74, 6) is 0. The number of nitrogens with zero attached hydrogens (tertiary/aromatic N) is 2.